The van der Waals surface area contributed by atoms with Gasteiger partial charge in [-0.1, -0.05) is 91.0 Å². The third kappa shape index (κ3) is 10.1. The number of fused-ring (bicyclic) bond motifs is 4. The number of rotatable bonds is 7. The standard InChI is InChI=1S/2C21H24N3.C12H8N2O4.Ru/c2*1-13-10-18(24-23-13)19-15-12-17-16(11-14(15)6-9-22-19)20(2,3)7-8-21(17,4)5;15-7-17-9-1-3-13-11(5-9)12-6-10(18-8-16)2-4-14-12;/h2*6,9-12H,7-8H2,1-5H3;1-8H;/q2*-1;;+2. The molecule has 6 aromatic heterocycles. The van der Waals surface area contributed by atoms with E-state index in [1.54, 1.807) is 24.3 Å². The second kappa shape index (κ2) is 19.0. The van der Waals surface area contributed by atoms with Crippen molar-refractivity contribution in [2.45, 2.75) is 117 Å². The summed E-state index contributed by atoms with van der Waals surface area (Å²) in [7, 11) is 0. The summed E-state index contributed by atoms with van der Waals surface area (Å²) in [5.74, 6) is 0.719. The molecule has 0 aliphatic heterocycles. The van der Waals surface area contributed by atoms with Crippen molar-refractivity contribution >= 4 is 34.5 Å². The van der Waals surface area contributed by atoms with Crippen LogP contribution in [0.15, 0.2) is 97.6 Å². The van der Waals surface area contributed by atoms with E-state index < -0.39 is 0 Å². The van der Waals surface area contributed by atoms with E-state index in [0.29, 0.717) is 35.8 Å². The molecule has 0 radical (unpaired) electrons. The molecule has 344 valence electrons. The molecule has 0 atom stereocenters. The van der Waals surface area contributed by atoms with Crippen LogP contribution in [-0.2, 0) is 50.7 Å². The predicted octanol–water partition coefficient (Wildman–Crippen LogP) is 11.0. The van der Waals surface area contributed by atoms with Gasteiger partial charge in [-0.2, -0.15) is 0 Å². The molecule has 10 rings (SSSR count). The van der Waals surface area contributed by atoms with Crippen LogP contribution in [0.25, 0.3) is 55.7 Å². The Morgan fingerprint density at radius 3 is 1.15 bits per heavy atom. The Bertz CT molecular complexity index is 2890. The van der Waals surface area contributed by atoms with E-state index in [0.717, 1.165) is 34.2 Å². The van der Waals surface area contributed by atoms with Crippen molar-refractivity contribution in [3.63, 3.8) is 0 Å². The minimum absolute atomic E-state index is 0. The zero-order valence-electron chi connectivity index (χ0n) is 39.8. The molecular formula is C54H56N8O4Ru. The summed E-state index contributed by atoms with van der Waals surface area (Å²) in [4.78, 5) is 37.9. The quantitative estimate of drug-likeness (QED) is 0.110. The molecule has 12 nitrogen and oxygen atoms in total. The molecule has 0 saturated heterocycles. The number of carbonyl (C=O) groups is 2. The summed E-state index contributed by atoms with van der Waals surface area (Å²) in [6.07, 6.45) is 11.6. The van der Waals surface area contributed by atoms with Gasteiger partial charge >= 0.3 is 19.5 Å². The zero-order valence-corrected chi connectivity index (χ0v) is 41.5. The number of aromatic nitrogens is 8. The minimum Gasteiger partial charge on any atom is -0.573 e. The maximum atomic E-state index is 10.2. The van der Waals surface area contributed by atoms with Gasteiger partial charge in [0.05, 0.1) is 22.8 Å². The van der Waals surface area contributed by atoms with E-state index in [4.69, 9.17) is 9.47 Å². The van der Waals surface area contributed by atoms with Crippen LogP contribution in [0.1, 0.15) is 115 Å². The first-order valence-electron chi connectivity index (χ1n) is 22.3. The molecule has 0 unspecified atom stereocenters. The molecule has 8 aromatic rings. The van der Waals surface area contributed by atoms with Crippen LogP contribution >= 0.6 is 0 Å². The van der Waals surface area contributed by atoms with Crippen molar-refractivity contribution < 1.29 is 38.5 Å². The van der Waals surface area contributed by atoms with Crippen molar-refractivity contribution in [1.82, 2.24) is 40.3 Å². The fourth-order valence-corrected chi connectivity index (χ4v) is 9.25. The maximum Gasteiger partial charge on any atom is 2.00 e. The molecular weight excluding hydrogens is 926 g/mol. The van der Waals surface area contributed by atoms with Crippen molar-refractivity contribution in [2.24, 2.45) is 0 Å². The molecule has 0 N–H and O–H groups in total. The average molecular weight is 982 g/mol. The van der Waals surface area contributed by atoms with Gasteiger partial charge in [0.25, 0.3) is 12.9 Å². The number of aryl methyl sites for hydroxylation is 2. The number of nitrogens with zero attached hydrogens (tertiary/aromatic N) is 8. The molecule has 0 fully saturated rings. The Morgan fingerprint density at radius 1 is 0.478 bits per heavy atom. The number of ether oxygens (including phenoxy) is 2. The average Bonchev–Trinajstić information content (AvgIpc) is 3.94. The maximum absolute atomic E-state index is 10.2. The Morgan fingerprint density at radius 2 is 0.821 bits per heavy atom. The first kappa shape index (κ1) is 48.5. The van der Waals surface area contributed by atoms with E-state index >= 15 is 0 Å². The molecule has 2 aromatic carbocycles. The minimum atomic E-state index is 0. The van der Waals surface area contributed by atoms with Crippen LogP contribution < -0.4 is 19.7 Å². The van der Waals surface area contributed by atoms with Gasteiger partial charge in [0, 0.05) is 59.1 Å². The second-order valence-electron chi connectivity index (χ2n) is 20.0. The van der Waals surface area contributed by atoms with Gasteiger partial charge in [0.15, 0.2) is 0 Å². The van der Waals surface area contributed by atoms with Gasteiger partial charge in [-0.15, -0.1) is 0 Å². The van der Waals surface area contributed by atoms with Crippen molar-refractivity contribution in [3.05, 3.63) is 131 Å². The third-order valence-corrected chi connectivity index (χ3v) is 13.4. The smallest absolute Gasteiger partial charge is 0.573 e. The van der Waals surface area contributed by atoms with Crippen LogP contribution in [0.4, 0.5) is 0 Å². The van der Waals surface area contributed by atoms with E-state index in [1.165, 1.54) is 81.9 Å². The summed E-state index contributed by atoms with van der Waals surface area (Å²) in [5, 5.41) is 21.7. The summed E-state index contributed by atoms with van der Waals surface area (Å²) < 4.78 is 9.42. The second-order valence-corrected chi connectivity index (χ2v) is 20.0. The van der Waals surface area contributed by atoms with Crippen LogP contribution in [-0.4, -0.2) is 43.1 Å². The van der Waals surface area contributed by atoms with E-state index in [-0.39, 0.29) is 41.1 Å². The molecule has 0 saturated carbocycles. The zero-order chi connectivity index (χ0) is 47.0. The summed E-state index contributed by atoms with van der Waals surface area (Å²) in [5.41, 5.74) is 13.2. The number of hydrogen-bond acceptors (Lipinski definition) is 10. The van der Waals surface area contributed by atoms with Gasteiger partial charge in [0.2, 0.25) is 0 Å². The van der Waals surface area contributed by atoms with Gasteiger partial charge in [-0.05, 0) is 131 Å². The fraction of sp³-hybridized carbons (Fsp3) is 0.333. The van der Waals surface area contributed by atoms with E-state index in [2.05, 4.69) is 132 Å². The molecule has 67 heavy (non-hydrogen) atoms. The van der Waals surface area contributed by atoms with E-state index in [9.17, 15) is 9.59 Å². The monoisotopic (exact) mass is 982 g/mol. The first-order chi connectivity index (χ1) is 31.4. The number of pyridine rings is 4. The Balaban J connectivity index is 0.000000150. The topological polar surface area (TPSA) is 158 Å². The van der Waals surface area contributed by atoms with Crippen molar-refractivity contribution in [3.8, 4) is 45.7 Å². The largest absolute Gasteiger partial charge is 2.00 e. The van der Waals surface area contributed by atoms with Crippen molar-refractivity contribution in [1.29, 1.82) is 0 Å². The Hall–Kier alpha value is -6.46. The Kier molecular flexibility index (Phi) is 13.8. The summed E-state index contributed by atoms with van der Waals surface area (Å²) >= 11 is 0. The summed E-state index contributed by atoms with van der Waals surface area (Å²) in [6, 6.07) is 23.9. The number of hydrogen-bond donors (Lipinski definition) is 0. The first-order valence-corrected chi connectivity index (χ1v) is 22.3. The number of carbonyl (C=O) groups excluding carboxylic acids is 2. The van der Waals surface area contributed by atoms with Crippen LogP contribution in [0, 0.1) is 13.8 Å². The summed E-state index contributed by atoms with van der Waals surface area (Å²) in [6.45, 7) is 23.5. The molecule has 2 aliphatic rings. The third-order valence-electron chi connectivity index (χ3n) is 13.4. The number of benzene rings is 2. The molecule has 6 heterocycles. The molecule has 2 aliphatic carbocycles. The molecule has 0 amide bonds. The van der Waals surface area contributed by atoms with Crippen LogP contribution in [0.3, 0.4) is 0 Å². The fourth-order valence-electron chi connectivity index (χ4n) is 9.25. The van der Waals surface area contributed by atoms with Crippen LogP contribution in [0.5, 0.6) is 11.5 Å². The predicted molar refractivity (Wildman–Crippen MR) is 257 cm³/mol. The molecule has 0 spiro atoms. The Labute approximate surface area is 404 Å². The normalized spacial score (nSPS) is 15.9. The SMILES string of the molecule is Cc1cc(-c2nccc3cc4c(cc23)C(C)(C)CCC4(C)C)[n-]n1.Cc1cc(-c2nccc3cc4c(cc23)C(C)(C)CCC4(C)C)[n-]n1.O=COc1ccnc(-c2cc(OC=O)ccn2)c1.[Ru+2]. The van der Waals surface area contributed by atoms with Gasteiger partial charge in [-0.25, -0.2) is 0 Å². The van der Waals surface area contributed by atoms with Crippen molar-refractivity contribution in [2.75, 3.05) is 0 Å². The molecule has 0 bridgehead atoms. The van der Waals surface area contributed by atoms with Gasteiger partial charge in [0.1, 0.15) is 11.5 Å². The van der Waals surface area contributed by atoms with Gasteiger partial charge < -0.3 is 29.9 Å². The van der Waals surface area contributed by atoms with Crippen LogP contribution in [0.2, 0.25) is 0 Å². The van der Waals surface area contributed by atoms with E-state index in [1.807, 2.05) is 38.4 Å². The molecule has 13 heteroatoms. The van der Waals surface area contributed by atoms with Gasteiger partial charge in [-0.3, -0.25) is 29.5 Å².